The SMILES string of the molecule is COc1nc(NN)nc(Nc2ccccc2C(C)(C)C)n1. The fourth-order valence-electron chi connectivity index (χ4n) is 1.93. The molecule has 0 aliphatic heterocycles. The van der Waals surface area contributed by atoms with Crippen molar-refractivity contribution in [3.63, 3.8) is 0 Å². The third-order valence-corrected chi connectivity index (χ3v) is 2.91. The Labute approximate surface area is 123 Å². The van der Waals surface area contributed by atoms with Crippen LogP contribution >= 0.6 is 0 Å². The quantitative estimate of drug-likeness (QED) is 0.586. The lowest BCUT2D eigenvalue weighted by atomic mass is 9.86. The maximum atomic E-state index is 5.35. The molecule has 0 amide bonds. The van der Waals surface area contributed by atoms with Gasteiger partial charge in [0.1, 0.15) is 0 Å². The van der Waals surface area contributed by atoms with Crippen LogP contribution in [-0.4, -0.2) is 22.1 Å². The van der Waals surface area contributed by atoms with Gasteiger partial charge < -0.3 is 10.1 Å². The van der Waals surface area contributed by atoms with Crippen molar-refractivity contribution in [2.75, 3.05) is 17.9 Å². The van der Waals surface area contributed by atoms with E-state index in [9.17, 15) is 0 Å². The molecular formula is C14H20N6O. The first kappa shape index (κ1) is 15.0. The number of hydrogen-bond donors (Lipinski definition) is 3. The van der Waals surface area contributed by atoms with Crippen LogP contribution in [0.5, 0.6) is 6.01 Å². The Morgan fingerprint density at radius 1 is 1.05 bits per heavy atom. The third-order valence-electron chi connectivity index (χ3n) is 2.91. The smallest absolute Gasteiger partial charge is 0.322 e. The molecule has 1 heterocycles. The maximum Gasteiger partial charge on any atom is 0.322 e. The number of para-hydroxylation sites is 1. The lowest BCUT2D eigenvalue weighted by Crippen LogP contribution is -2.15. The molecule has 1 aromatic heterocycles. The molecule has 2 rings (SSSR count). The Morgan fingerprint density at radius 3 is 2.33 bits per heavy atom. The zero-order valence-corrected chi connectivity index (χ0v) is 12.6. The molecule has 0 aliphatic carbocycles. The summed E-state index contributed by atoms with van der Waals surface area (Å²) in [6, 6.07) is 8.20. The van der Waals surface area contributed by atoms with E-state index < -0.39 is 0 Å². The van der Waals surface area contributed by atoms with Crippen LogP contribution in [0.25, 0.3) is 0 Å². The number of nitrogens with one attached hydrogen (secondary N) is 2. The van der Waals surface area contributed by atoms with Crippen molar-refractivity contribution in [2.45, 2.75) is 26.2 Å². The maximum absolute atomic E-state index is 5.35. The predicted octanol–water partition coefficient (Wildman–Crippen LogP) is 2.21. The number of hydrazine groups is 1. The lowest BCUT2D eigenvalue weighted by molar-refractivity contribution is 0.379. The second-order valence-electron chi connectivity index (χ2n) is 5.53. The molecule has 0 radical (unpaired) electrons. The molecule has 0 bridgehead atoms. The molecule has 0 fully saturated rings. The highest BCUT2D eigenvalue weighted by Gasteiger charge is 2.18. The van der Waals surface area contributed by atoms with Crippen molar-refractivity contribution in [3.05, 3.63) is 29.8 Å². The molecule has 7 heteroatoms. The summed E-state index contributed by atoms with van der Waals surface area (Å²) in [7, 11) is 1.49. The molecule has 4 N–H and O–H groups in total. The van der Waals surface area contributed by atoms with Gasteiger partial charge >= 0.3 is 6.01 Å². The van der Waals surface area contributed by atoms with Crippen LogP contribution in [-0.2, 0) is 5.41 Å². The van der Waals surface area contributed by atoms with Gasteiger partial charge in [0.05, 0.1) is 7.11 Å². The van der Waals surface area contributed by atoms with Gasteiger partial charge in [-0.3, -0.25) is 5.43 Å². The standard InChI is InChI=1S/C14H20N6O/c1-14(2,3)9-7-5-6-8-10(9)16-11-17-12(20-15)19-13(18-11)21-4/h5-8H,15H2,1-4H3,(H2,16,17,18,19,20). The van der Waals surface area contributed by atoms with Gasteiger partial charge in [-0.05, 0) is 17.0 Å². The summed E-state index contributed by atoms with van der Waals surface area (Å²) < 4.78 is 5.03. The predicted molar refractivity (Wildman–Crippen MR) is 82.6 cm³/mol. The number of methoxy groups -OCH3 is 1. The number of nitrogens with zero attached hydrogens (tertiary/aromatic N) is 3. The number of nitrogen functional groups attached to an aromatic ring is 1. The van der Waals surface area contributed by atoms with Gasteiger partial charge in [-0.2, -0.15) is 15.0 Å². The van der Waals surface area contributed by atoms with E-state index in [1.54, 1.807) is 0 Å². The Bertz CT molecular complexity index is 601. The first-order valence-corrected chi connectivity index (χ1v) is 6.57. The summed E-state index contributed by atoms with van der Waals surface area (Å²) in [5, 5.41) is 3.19. The van der Waals surface area contributed by atoms with E-state index in [0.717, 1.165) is 11.3 Å². The Hall–Kier alpha value is -2.41. The molecule has 1 aromatic carbocycles. The van der Waals surface area contributed by atoms with E-state index in [4.69, 9.17) is 10.6 Å². The van der Waals surface area contributed by atoms with Gasteiger partial charge in [0.15, 0.2) is 0 Å². The molecular weight excluding hydrogens is 268 g/mol. The third kappa shape index (κ3) is 3.57. The second-order valence-corrected chi connectivity index (χ2v) is 5.53. The molecule has 0 aliphatic rings. The first-order valence-electron chi connectivity index (χ1n) is 6.57. The Balaban J connectivity index is 2.39. The summed E-state index contributed by atoms with van der Waals surface area (Å²) in [5.74, 6) is 5.95. The average molecular weight is 288 g/mol. The summed E-state index contributed by atoms with van der Waals surface area (Å²) in [4.78, 5) is 12.3. The number of rotatable bonds is 4. The van der Waals surface area contributed by atoms with Crippen LogP contribution in [0.15, 0.2) is 24.3 Å². The minimum absolute atomic E-state index is 0.00431. The fourth-order valence-corrected chi connectivity index (χ4v) is 1.93. The number of aromatic nitrogens is 3. The van der Waals surface area contributed by atoms with Crippen molar-refractivity contribution in [3.8, 4) is 6.01 Å². The molecule has 7 nitrogen and oxygen atoms in total. The fraction of sp³-hybridized carbons (Fsp3) is 0.357. The second kappa shape index (κ2) is 5.92. The van der Waals surface area contributed by atoms with Crippen molar-refractivity contribution < 1.29 is 4.74 Å². The highest BCUT2D eigenvalue weighted by atomic mass is 16.5. The molecule has 2 aromatic rings. The number of anilines is 3. The molecule has 0 saturated heterocycles. The molecule has 21 heavy (non-hydrogen) atoms. The van der Waals surface area contributed by atoms with E-state index in [1.165, 1.54) is 7.11 Å². The van der Waals surface area contributed by atoms with Crippen LogP contribution in [0.3, 0.4) is 0 Å². The summed E-state index contributed by atoms with van der Waals surface area (Å²) in [6.07, 6.45) is 0. The van der Waals surface area contributed by atoms with E-state index in [0.29, 0.717) is 5.95 Å². The number of benzene rings is 1. The van der Waals surface area contributed by atoms with Crippen molar-refractivity contribution in [2.24, 2.45) is 5.84 Å². The number of ether oxygens (including phenoxy) is 1. The molecule has 112 valence electrons. The minimum atomic E-state index is -0.00431. The van der Waals surface area contributed by atoms with Gasteiger partial charge in [0, 0.05) is 5.69 Å². The minimum Gasteiger partial charge on any atom is -0.467 e. The van der Waals surface area contributed by atoms with Crippen molar-refractivity contribution >= 4 is 17.6 Å². The van der Waals surface area contributed by atoms with E-state index >= 15 is 0 Å². The monoisotopic (exact) mass is 288 g/mol. The zero-order valence-electron chi connectivity index (χ0n) is 12.6. The molecule has 0 unspecified atom stereocenters. The molecule has 0 spiro atoms. The summed E-state index contributed by atoms with van der Waals surface area (Å²) in [5.41, 5.74) is 4.48. The number of nitrogens with two attached hydrogens (primary N) is 1. The van der Waals surface area contributed by atoms with Crippen molar-refractivity contribution in [1.29, 1.82) is 0 Å². The highest BCUT2D eigenvalue weighted by Crippen LogP contribution is 2.30. The van der Waals surface area contributed by atoms with E-state index in [2.05, 4.69) is 52.5 Å². The van der Waals surface area contributed by atoms with E-state index in [1.807, 2.05) is 18.2 Å². The summed E-state index contributed by atoms with van der Waals surface area (Å²) >= 11 is 0. The van der Waals surface area contributed by atoms with Crippen LogP contribution in [0.4, 0.5) is 17.6 Å². The normalized spacial score (nSPS) is 11.1. The topological polar surface area (TPSA) is 98.0 Å². The zero-order chi connectivity index (χ0) is 15.5. The molecule has 0 atom stereocenters. The van der Waals surface area contributed by atoms with Gasteiger partial charge in [-0.25, -0.2) is 5.84 Å². The number of hydrogen-bond acceptors (Lipinski definition) is 7. The van der Waals surface area contributed by atoms with Gasteiger partial charge in [0.2, 0.25) is 11.9 Å². The largest absolute Gasteiger partial charge is 0.467 e. The van der Waals surface area contributed by atoms with Crippen LogP contribution in [0.2, 0.25) is 0 Å². The highest BCUT2D eigenvalue weighted by molar-refractivity contribution is 5.61. The van der Waals surface area contributed by atoms with Gasteiger partial charge in [-0.1, -0.05) is 39.0 Å². The summed E-state index contributed by atoms with van der Waals surface area (Å²) in [6.45, 7) is 6.44. The van der Waals surface area contributed by atoms with E-state index in [-0.39, 0.29) is 17.4 Å². The van der Waals surface area contributed by atoms with Crippen molar-refractivity contribution in [1.82, 2.24) is 15.0 Å². The Morgan fingerprint density at radius 2 is 1.71 bits per heavy atom. The van der Waals surface area contributed by atoms with Gasteiger partial charge in [-0.15, -0.1) is 0 Å². The van der Waals surface area contributed by atoms with Gasteiger partial charge in [0.25, 0.3) is 0 Å². The van der Waals surface area contributed by atoms with Crippen LogP contribution < -0.4 is 21.3 Å². The van der Waals surface area contributed by atoms with Crippen LogP contribution in [0, 0.1) is 0 Å². The van der Waals surface area contributed by atoms with Crippen LogP contribution in [0.1, 0.15) is 26.3 Å². The average Bonchev–Trinajstić information content (AvgIpc) is 2.46. The Kier molecular flexibility index (Phi) is 4.23. The lowest BCUT2D eigenvalue weighted by Gasteiger charge is -2.23. The molecule has 0 saturated carbocycles. The first-order chi connectivity index (χ1) is 9.94.